The highest BCUT2D eigenvalue weighted by atomic mass is 28.4. The molecule has 2 aliphatic carbocycles. The van der Waals surface area contributed by atoms with Crippen molar-refractivity contribution < 1.29 is 9.22 Å². The first-order valence-electron chi connectivity index (χ1n) is 6.82. The Kier molecular flexibility index (Phi) is 3.30. The van der Waals surface area contributed by atoms with Crippen LogP contribution < -0.4 is 0 Å². The maximum Gasteiger partial charge on any atom is 0.241 e. The van der Waals surface area contributed by atoms with Gasteiger partial charge in [-0.3, -0.25) is 4.79 Å². The number of Topliss-reactive ketones (excluding diaryl/α,β-unsaturated/α-hetero) is 1. The number of hydrogen-bond acceptors (Lipinski definition) is 2. The van der Waals surface area contributed by atoms with Crippen molar-refractivity contribution in [2.24, 2.45) is 11.3 Å². The number of carbonyl (C=O) groups is 1. The van der Waals surface area contributed by atoms with E-state index in [1.54, 1.807) is 0 Å². The molecule has 2 rings (SSSR count). The lowest BCUT2D eigenvalue weighted by Crippen LogP contribution is -2.46. The second kappa shape index (κ2) is 4.37. The summed E-state index contributed by atoms with van der Waals surface area (Å²) in [5.41, 5.74) is 2.15. The van der Waals surface area contributed by atoms with Gasteiger partial charge in [-0.1, -0.05) is 11.6 Å². The molecule has 0 saturated heterocycles. The molecule has 0 N–H and O–H groups in total. The number of rotatable bonds is 3. The summed E-state index contributed by atoms with van der Waals surface area (Å²) in [6.45, 7) is 10.7. The monoisotopic (exact) mass is 264 g/mol. The average Bonchev–Trinajstić information content (AvgIpc) is 2.48. The zero-order valence-corrected chi connectivity index (χ0v) is 13.2. The molecule has 0 aromatic heterocycles. The molecule has 0 radical (unpaired) electrons. The molecule has 2 fully saturated rings. The van der Waals surface area contributed by atoms with Crippen molar-refractivity contribution in [2.45, 2.75) is 52.8 Å². The molecule has 3 heteroatoms. The highest BCUT2D eigenvalue weighted by Gasteiger charge is 2.58. The van der Waals surface area contributed by atoms with Crippen LogP contribution >= 0.6 is 0 Å². The summed E-state index contributed by atoms with van der Waals surface area (Å²) in [5.74, 6) is 0.910. The van der Waals surface area contributed by atoms with Crippen LogP contribution in [-0.2, 0) is 9.22 Å². The number of carbonyl (C=O) groups excluding carboxylic acids is 1. The maximum atomic E-state index is 12.2. The minimum absolute atomic E-state index is 0.293. The van der Waals surface area contributed by atoms with E-state index in [1.807, 2.05) is 6.26 Å². The van der Waals surface area contributed by atoms with Gasteiger partial charge in [0.1, 0.15) is 5.78 Å². The van der Waals surface area contributed by atoms with Gasteiger partial charge in [-0.2, -0.15) is 0 Å². The van der Waals surface area contributed by atoms with Crippen LogP contribution in [0.3, 0.4) is 0 Å². The zero-order valence-electron chi connectivity index (χ0n) is 12.2. The topological polar surface area (TPSA) is 26.3 Å². The lowest BCUT2D eigenvalue weighted by Gasteiger charge is -2.42. The van der Waals surface area contributed by atoms with E-state index in [9.17, 15) is 4.79 Å². The van der Waals surface area contributed by atoms with Gasteiger partial charge in [-0.25, -0.2) is 0 Å². The number of fused-ring (bicyclic) bond motifs is 1. The Morgan fingerprint density at radius 3 is 2.56 bits per heavy atom. The Bertz CT molecular complexity index is 424. The quantitative estimate of drug-likeness (QED) is 0.436. The van der Waals surface area contributed by atoms with Crippen LogP contribution in [0, 0.1) is 11.3 Å². The summed E-state index contributed by atoms with van der Waals surface area (Å²) in [5, 5.41) is 0. The first-order valence-corrected chi connectivity index (χ1v) is 10.2. The summed E-state index contributed by atoms with van der Waals surface area (Å²) in [4.78, 5) is 12.2. The number of hydrogen-bond donors (Lipinski definition) is 0. The molecule has 2 saturated carbocycles. The lowest BCUT2D eigenvalue weighted by atomic mass is 9.59. The largest absolute Gasteiger partial charge is 0.550 e. The predicted molar refractivity (Wildman–Crippen MR) is 76.7 cm³/mol. The van der Waals surface area contributed by atoms with Crippen molar-refractivity contribution in [3.05, 3.63) is 23.5 Å². The van der Waals surface area contributed by atoms with Crippen molar-refractivity contribution in [1.29, 1.82) is 0 Å². The Labute approximate surface area is 111 Å². The van der Waals surface area contributed by atoms with Gasteiger partial charge in [0, 0.05) is 6.42 Å². The Hall–Kier alpha value is -0.833. The van der Waals surface area contributed by atoms with Crippen LogP contribution in [0.4, 0.5) is 0 Å². The number of ketones is 1. The van der Waals surface area contributed by atoms with E-state index in [2.05, 4.69) is 39.6 Å². The molecular formula is C15H24O2Si. The molecule has 0 bridgehead atoms. The van der Waals surface area contributed by atoms with E-state index >= 15 is 0 Å². The molecule has 0 aromatic rings. The van der Waals surface area contributed by atoms with Crippen molar-refractivity contribution in [3.63, 3.8) is 0 Å². The van der Waals surface area contributed by atoms with Crippen LogP contribution in [0.1, 0.15) is 33.1 Å². The Balaban J connectivity index is 2.31. The fourth-order valence-corrected chi connectivity index (χ4v) is 3.60. The minimum Gasteiger partial charge on any atom is -0.550 e. The maximum absolute atomic E-state index is 12.2. The van der Waals surface area contributed by atoms with Gasteiger partial charge in [-0.05, 0) is 57.8 Å². The lowest BCUT2D eigenvalue weighted by molar-refractivity contribution is -0.136. The molecule has 0 spiro atoms. The predicted octanol–water partition coefficient (Wildman–Crippen LogP) is 4.06. The second-order valence-corrected chi connectivity index (χ2v) is 11.3. The highest BCUT2D eigenvalue weighted by Crippen LogP contribution is 2.59. The fraction of sp³-hybridized carbons (Fsp3) is 0.667. The van der Waals surface area contributed by atoms with Gasteiger partial charge >= 0.3 is 0 Å². The normalized spacial score (nSPS) is 33.1. The van der Waals surface area contributed by atoms with Crippen molar-refractivity contribution in [1.82, 2.24) is 0 Å². The molecule has 18 heavy (non-hydrogen) atoms. The first-order chi connectivity index (χ1) is 8.25. The van der Waals surface area contributed by atoms with Crippen LogP contribution in [-0.4, -0.2) is 14.1 Å². The molecule has 2 atom stereocenters. The molecule has 0 unspecified atom stereocenters. The van der Waals surface area contributed by atoms with Crippen molar-refractivity contribution >= 4 is 14.1 Å². The van der Waals surface area contributed by atoms with E-state index in [1.165, 1.54) is 11.1 Å². The molecule has 0 aliphatic heterocycles. The molecule has 2 aliphatic rings. The van der Waals surface area contributed by atoms with E-state index in [4.69, 9.17) is 4.43 Å². The van der Waals surface area contributed by atoms with Crippen molar-refractivity contribution in [2.75, 3.05) is 0 Å². The van der Waals surface area contributed by atoms with Gasteiger partial charge < -0.3 is 4.43 Å². The third kappa shape index (κ3) is 2.20. The van der Waals surface area contributed by atoms with Gasteiger partial charge in [0.15, 0.2) is 0 Å². The smallest absolute Gasteiger partial charge is 0.241 e. The van der Waals surface area contributed by atoms with E-state index < -0.39 is 8.32 Å². The summed E-state index contributed by atoms with van der Waals surface area (Å²) < 4.78 is 5.92. The standard InChI is InChI=1S/C15H24O2Si/c1-11(2)9-15-12(8-14(15)16)6-7-13(15)10-17-18(3,4)5/h9-10,12H,6-8H2,1-5H3/b13-10+/t12-,15+/m0/s1. The van der Waals surface area contributed by atoms with Crippen molar-refractivity contribution in [3.8, 4) is 0 Å². The summed E-state index contributed by atoms with van der Waals surface area (Å²) >= 11 is 0. The van der Waals surface area contributed by atoms with Crippen LogP contribution in [0.15, 0.2) is 23.5 Å². The third-order valence-electron chi connectivity index (χ3n) is 3.90. The summed E-state index contributed by atoms with van der Waals surface area (Å²) in [6.07, 6.45) is 7.01. The van der Waals surface area contributed by atoms with Gasteiger partial charge in [0.2, 0.25) is 8.32 Å². The molecule has 0 heterocycles. The molecule has 0 aromatic carbocycles. The van der Waals surface area contributed by atoms with E-state index in [0.717, 1.165) is 19.3 Å². The number of allylic oxidation sites excluding steroid dienone is 3. The molecule has 0 amide bonds. The van der Waals surface area contributed by atoms with Gasteiger partial charge in [0.05, 0.1) is 11.7 Å². The Morgan fingerprint density at radius 1 is 1.39 bits per heavy atom. The van der Waals surface area contributed by atoms with E-state index in [0.29, 0.717) is 11.7 Å². The summed E-state index contributed by atoms with van der Waals surface area (Å²) in [7, 11) is -1.56. The SMILES string of the molecule is CC(C)=C[C@@]12C(=O)C[C@@H]1CC/C2=C\O[Si](C)(C)C. The first kappa shape index (κ1) is 13.6. The van der Waals surface area contributed by atoms with E-state index in [-0.39, 0.29) is 5.41 Å². The fourth-order valence-electron chi connectivity index (χ4n) is 3.11. The Morgan fingerprint density at radius 2 is 2.06 bits per heavy atom. The van der Waals surface area contributed by atoms with Crippen LogP contribution in [0.2, 0.25) is 19.6 Å². The average molecular weight is 264 g/mol. The van der Waals surface area contributed by atoms with Gasteiger partial charge in [-0.15, -0.1) is 0 Å². The molecule has 100 valence electrons. The highest BCUT2D eigenvalue weighted by molar-refractivity contribution is 6.69. The van der Waals surface area contributed by atoms with Gasteiger partial charge in [0.25, 0.3) is 0 Å². The minimum atomic E-state index is -1.56. The van der Waals surface area contributed by atoms with Crippen LogP contribution in [0.25, 0.3) is 0 Å². The summed E-state index contributed by atoms with van der Waals surface area (Å²) in [6, 6.07) is 0. The molecule has 2 nitrogen and oxygen atoms in total. The second-order valence-electron chi connectivity index (χ2n) is 6.83. The van der Waals surface area contributed by atoms with Crippen LogP contribution in [0.5, 0.6) is 0 Å². The zero-order chi connectivity index (χ0) is 13.6. The molecular weight excluding hydrogens is 240 g/mol. The third-order valence-corrected chi connectivity index (χ3v) is 4.73.